The first-order chi connectivity index (χ1) is 9.31. The summed E-state index contributed by atoms with van der Waals surface area (Å²) in [7, 11) is 2.15. The highest BCUT2D eigenvalue weighted by molar-refractivity contribution is 5.05. The quantitative estimate of drug-likeness (QED) is 0.845. The monoisotopic (exact) mass is 263 g/mol. The molecule has 4 aliphatic carbocycles. The molecule has 5 aliphatic rings. The van der Waals surface area contributed by atoms with E-state index in [-0.39, 0.29) is 0 Å². The molecule has 0 amide bonds. The van der Waals surface area contributed by atoms with Gasteiger partial charge in [0.15, 0.2) is 0 Å². The molecule has 4 bridgehead atoms. The van der Waals surface area contributed by atoms with Crippen LogP contribution in [0.5, 0.6) is 0 Å². The van der Waals surface area contributed by atoms with Gasteiger partial charge >= 0.3 is 0 Å². The van der Waals surface area contributed by atoms with Gasteiger partial charge in [-0.1, -0.05) is 0 Å². The van der Waals surface area contributed by atoms with E-state index in [4.69, 9.17) is 4.74 Å². The van der Waals surface area contributed by atoms with Crippen molar-refractivity contribution in [2.45, 2.75) is 44.9 Å². The number of hydrogen-bond donors (Lipinski definition) is 1. The predicted octanol–water partition coefficient (Wildman–Crippen LogP) is 3.07. The van der Waals surface area contributed by atoms with Crippen LogP contribution in [0.25, 0.3) is 0 Å². The Labute approximate surface area is 117 Å². The summed E-state index contributed by atoms with van der Waals surface area (Å²) in [6.45, 7) is 3.23. The average molecular weight is 263 g/mol. The van der Waals surface area contributed by atoms with Crippen molar-refractivity contribution < 1.29 is 4.74 Å². The molecule has 0 atom stereocenters. The highest BCUT2D eigenvalue weighted by atomic mass is 16.5. The highest BCUT2D eigenvalue weighted by Crippen LogP contribution is 2.62. The van der Waals surface area contributed by atoms with Gasteiger partial charge in [0.25, 0.3) is 0 Å². The smallest absolute Gasteiger partial charge is 0.0471 e. The van der Waals surface area contributed by atoms with Crippen molar-refractivity contribution in [1.82, 2.24) is 5.32 Å². The summed E-state index contributed by atoms with van der Waals surface area (Å²) >= 11 is 0. The van der Waals surface area contributed by atoms with Crippen molar-refractivity contribution in [2.75, 3.05) is 26.8 Å². The van der Waals surface area contributed by atoms with Crippen LogP contribution in [0.1, 0.15) is 44.9 Å². The molecule has 0 radical (unpaired) electrons. The molecule has 5 fully saturated rings. The van der Waals surface area contributed by atoms with E-state index in [1.807, 2.05) is 0 Å². The van der Waals surface area contributed by atoms with Gasteiger partial charge in [0.05, 0.1) is 0 Å². The Kier molecular flexibility index (Phi) is 3.15. The van der Waals surface area contributed by atoms with Gasteiger partial charge in [-0.25, -0.2) is 0 Å². The molecule has 2 heteroatoms. The Morgan fingerprint density at radius 1 is 0.947 bits per heavy atom. The van der Waals surface area contributed by atoms with Crippen LogP contribution in [0.15, 0.2) is 0 Å². The second-order valence-electron chi connectivity index (χ2n) is 7.96. The molecule has 0 spiro atoms. The van der Waals surface area contributed by atoms with Crippen molar-refractivity contribution in [3.8, 4) is 0 Å². The maximum absolute atomic E-state index is 5.69. The summed E-state index contributed by atoms with van der Waals surface area (Å²) in [6, 6.07) is 0. The molecule has 0 aromatic heterocycles. The molecule has 0 aromatic rings. The number of ether oxygens (including phenoxy) is 1. The fraction of sp³-hybridized carbons (Fsp3) is 1.00. The lowest BCUT2D eigenvalue weighted by molar-refractivity contribution is -0.127. The summed E-state index contributed by atoms with van der Waals surface area (Å²) in [4.78, 5) is 0. The first-order valence-electron chi connectivity index (χ1n) is 8.53. The Hall–Kier alpha value is -0.0800. The molecule has 1 aliphatic heterocycles. The van der Waals surface area contributed by atoms with Gasteiger partial charge < -0.3 is 10.1 Å². The van der Waals surface area contributed by atoms with Gasteiger partial charge in [-0.15, -0.1) is 0 Å². The SMILES string of the molecule is CNCC1(C2C3CC4CC(C3)CC2C4)CCOCC1. The predicted molar refractivity (Wildman–Crippen MR) is 76.9 cm³/mol. The lowest BCUT2D eigenvalue weighted by atomic mass is 9.45. The topological polar surface area (TPSA) is 21.3 Å². The third-order valence-corrected chi connectivity index (χ3v) is 6.95. The van der Waals surface area contributed by atoms with E-state index in [1.54, 1.807) is 32.1 Å². The van der Waals surface area contributed by atoms with Gasteiger partial charge in [0.1, 0.15) is 0 Å². The van der Waals surface area contributed by atoms with Crippen LogP contribution >= 0.6 is 0 Å². The van der Waals surface area contributed by atoms with Gasteiger partial charge in [0, 0.05) is 19.8 Å². The standard InChI is InChI=1S/C17H29NO/c1-18-11-17(2-4-19-5-3-17)16-14-7-12-6-13(9-14)10-15(16)8-12/h12-16,18H,2-11H2,1H3. The molecule has 1 heterocycles. The van der Waals surface area contributed by atoms with Crippen LogP contribution in [0.2, 0.25) is 0 Å². The lowest BCUT2D eigenvalue weighted by Gasteiger charge is -2.61. The maximum atomic E-state index is 5.69. The molecule has 19 heavy (non-hydrogen) atoms. The fourth-order valence-corrected chi connectivity index (χ4v) is 6.68. The van der Waals surface area contributed by atoms with E-state index in [2.05, 4.69) is 12.4 Å². The summed E-state index contributed by atoms with van der Waals surface area (Å²) in [5.74, 6) is 5.33. The van der Waals surface area contributed by atoms with E-state index in [1.165, 1.54) is 19.4 Å². The van der Waals surface area contributed by atoms with Crippen molar-refractivity contribution in [2.24, 2.45) is 35.0 Å². The molecule has 4 saturated carbocycles. The largest absolute Gasteiger partial charge is 0.381 e. The zero-order valence-corrected chi connectivity index (χ0v) is 12.4. The van der Waals surface area contributed by atoms with Crippen molar-refractivity contribution >= 4 is 0 Å². The van der Waals surface area contributed by atoms with E-state index in [0.29, 0.717) is 5.41 Å². The fourth-order valence-electron chi connectivity index (χ4n) is 6.68. The number of hydrogen-bond acceptors (Lipinski definition) is 2. The first-order valence-corrected chi connectivity index (χ1v) is 8.53. The van der Waals surface area contributed by atoms with Crippen LogP contribution in [-0.2, 0) is 4.74 Å². The lowest BCUT2D eigenvalue weighted by Crippen LogP contribution is -2.55. The second-order valence-corrected chi connectivity index (χ2v) is 7.96. The van der Waals surface area contributed by atoms with Gasteiger partial charge in [-0.3, -0.25) is 0 Å². The highest BCUT2D eigenvalue weighted by Gasteiger charge is 2.55. The van der Waals surface area contributed by atoms with Gasteiger partial charge in [-0.2, -0.15) is 0 Å². The van der Waals surface area contributed by atoms with Crippen LogP contribution in [0.4, 0.5) is 0 Å². The van der Waals surface area contributed by atoms with Gasteiger partial charge in [0.2, 0.25) is 0 Å². The summed E-state index contributed by atoms with van der Waals surface area (Å²) in [6.07, 6.45) is 10.4. The minimum Gasteiger partial charge on any atom is -0.381 e. The molecule has 2 nitrogen and oxygen atoms in total. The van der Waals surface area contributed by atoms with Crippen molar-refractivity contribution in [3.63, 3.8) is 0 Å². The summed E-state index contributed by atoms with van der Waals surface area (Å²) < 4.78 is 5.69. The molecule has 1 N–H and O–H groups in total. The summed E-state index contributed by atoms with van der Waals surface area (Å²) in [5.41, 5.74) is 0.565. The van der Waals surface area contributed by atoms with Gasteiger partial charge in [-0.05, 0) is 87.0 Å². The molecule has 0 aromatic carbocycles. The molecular formula is C17H29NO. The number of rotatable bonds is 3. The third-order valence-electron chi connectivity index (χ3n) is 6.95. The minimum absolute atomic E-state index is 0.565. The van der Waals surface area contributed by atoms with E-state index in [0.717, 1.165) is 42.8 Å². The van der Waals surface area contributed by atoms with Crippen molar-refractivity contribution in [3.05, 3.63) is 0 Å². The van der Waals surface area contributed by atoms with E-state index in [9.17, 15) is 0 Å². The Balaban J connectivity index is 1.62. The average Bonchev–Trinajstić information content (AvgIpc) is 2.38. The molecule has 1 saturated heterocycles. The Bertz CT molecular complexity index is 301. The van der Waals surface area contributed by atoms with Crippen LogP contribution in [-0.4, -0.2) is 26.8 Å². The normalized spacial score (nSPS) is 47.5. The second kappa shape index (κ2) is 4.73. The van der Waals surface area contributed by atoms with E-state index >= 15 is 0 Å². The third kappa shape index (κ3) is 1.98. The summed E-state index contributed by atoms with van der Waals surface area (Å²) in [5, 5.41) is 3.53. The molecular weight excluding hydrogens is 234 g/mol. The van der Waals surface area contributed by atoms with Crippen molar-refractivity contribution in [1.29, 1.82) is 0 Å². The van der Waals surface area contributed by atoms with Crippen LogP contribution in [0.3, 0.4) is 0 Å². The molecule has 5 rings (SSSR count). The van der Waals surface area contributed by atoms with Crippen LogP contribution < -0.4 is 5.32 Å². The molecule has 108 valence electrons. The van der Waals surface area contributed by atoms with Crippen LogP contribution in [0, 0.1) is 35.0 Å². The van der Waals surface area contributed by atoms with E-state index < -0.39 is 0 Å². The maximum Gasteiger partial charge on any atom is 0.0471 e. The Morgan fingerprint density at radius 3 is 2.05 bits per heavy atom. The zero-order valence-electron chi connectivity index (χ0n) is 12.4. The number of nitrogens with one attached hydrogen (secondary N) is 1. The Morgan fingerprint density at radius 2 is 1.53 bits per heavy atom. The zero-order chi connectivity index (χ0) is 12.9. The minimum atomic E-state index is 0.565. The first kappa shape index (κ1) is 12.6. The molecule has 0 unspecified atom stereocenters.